The number of hydrogen-bond acceptors (Lipinski definition) is 5. The number of hydrogen-bond donors (Lipinski definition) is 1. The Morgan fingerprint density at radius 2 is 2.14 bits per heavy atom. The molecule has 1 saturated carbocycles. The van der Waals surface area contributed by atoms with Crippen LogP contribution in [0.3, 0.4) is 0 Å². The van der Waals surface area contributed by atoms with Gasteiger partial charge in [-0.2, -0.15) is 9.89 Å². The molecule has 2 aromatic rings. The van der Waals surface area contributed by atoms with E-state index in [0.717, 1.165) is 11.0 Å². The van der Waals surface area contributed by atoms with Gasteiger partial charge >= 0.3 is 0 Å². The first-order chi connectivity index (χ1) is 10.5. The maximum absolute atomic E-state index is 10.5. The topological polar surface area (TPSA) is 72.2 Å². The molecule has 3 rings (SSSR count). The lowest BCUT2D eigenvalue weighted by Crippen LogP contribution is -2.35. The Morgan fingerprint density at radius 1 is 1.41 bits per heavy atom. The Labute approximate surface area is 130 Å². The van der Waals surface area contributed by atoms with Gasteiger partial charge in [-0.15, -0.1) is 0 Å². The van der Waals surface area contributed by atoms with Crippen LogP contribution in [0, 0.1) is 11.8 Å². The van der Waals surface area contributed by atoms with Crippen molar-refractivity contribution < 1.29 is 0 Å². The maximum atomic E-state index is 10.5. The molecule has 0 amide bonds. The third-order valence-corrected chi connectivity index (χ3v) is 4.40. The lowest BCUT2D eigenvalue weighted by molar-refractivity contribution is 0.531. The van der Waals surface area contributed by atoms with Crippen LogP contribution in [0.1, 0.15) is 51.1 Å². The van der Waals surface area contributed by atoms with Crippen molar-refractivity contribution in [1.29, 1.82) is 0 Å². The van der Waals surface area contributed by atoms with Gasteiger partial charge in [0.1, 0.15) is 12.2 Å². The SMILES string of the molecule is Cc1cn(C2CCCC2)c2nc(NC(C)(C)CN=O)ncc12. The lowest BCUT2D eigenvalue weighted by Gasteiger charge is -2.22. The summed E-state index contributed by atoms with van der Waals surface area (Å²) in [5.74, 6) is 0.554. The van der Waals surface area contributed by atoms with Gasteiger partial charge in [0.15, 0.2) is 0 Å². The van der Waals surface area contributed by atoms with Crippen LogP contribution in [0.25, 0.3) is 11.0 Å². The Balaban J connectivity index is 1.97. The summed E-state index contributed by atoms with van der Waals surface area (Å²) in [4.78, 5) is 19.6. The van der Waals surface area contributed by atoms with Gasteiger partial charge in [0.2, 0.25) is 5.95 Å². The molecule has 1 aliphatic rings. The lowest BCUT2D eigenvalue weighted by atomic mass is 10.1. The van der Waals surface area contributed by atoms with Gasteiger partial charge in [0, 0.05) is 23.8 Å². The summed E-state index contributed by atoms with van der Waals surface area (Å²) in [5, 5.41) is 7.29. The summed E-state index contributed by atoms with van der Waals surface area (Å²) in [6, 6.07) is 0.545. The molecule has 0 unspecified atom stereocenters. The Morgan fingerprint density at radius 3 is 2.82 bits per heavy atom. The number of nitroso groups, excluding NO2 is 1. The van der Waals surface area contributed by atoms with E-state index >= 15 is 0 Å². The molecular weight excluding hydrogens is 278 g/mol. The molecule has 1 fully saturated rings. The van der Waals surface area contributed by atoms with Crippen molar-refractivity contribution >= 4 is 17.0 Å². The van der Waals surface area contributed by atoms with E-state index in [2.05, 4.69) is 33.2 Å². The van der Waals surface area contributed by atoms with Crippen molar-refractivity contribution in [3.63, 3.8) is 0 Å². The number of nitrogens with zero attached hydrogens (tertiary/aromatic N) is 4. The number of aryl methyl sites for hydroxylation is 1. The van der Waals surface area contributed by atoms with Gasteiger partial charge in [-0.3, -0.25) is 0 Å². The number of rotatable bonds is 5. The van der Waals surface area contributed by atoms with Crippen molar-refractivity contribution in [2.75, 3.05) is 11.9 Å². The van der Waals surface area contributed by atoms with Crippen molar-refractivity contribution in [2.45, 2.75) is 58.0 Å². The van der Waals surface area contributed by atoms with Crippen LogP contribution in [-0.2, 0) is 0 Å². The predicted octanol–water partition coefficient (Wildman–Crippen LogP) is 3.81. The second-order valence-corrected chi connectivity index (χ2v) is 6.88. The van der Waals surface area contributed by atoms with Crippen molar-refractivity contribution in [3.05, 3.63) is 22.9 Å². The molecule has 2 aromatic heterocycles. The molecular formula is C16H23N5O. The van der Waals surface area contributed by atoms with E-state index in [4.69, 9.17) is 4.98 Å². The zero-order valence-corrected chi connectivity index (χ0v) is 13.5. The molecule has 2 heterocycles. The zero-order valence-electron chi connectivity index (χ0n) is 13.5. The van der Waals surface area contributed by atoms with E-state index in [1.807, 2.05) is 20.0 Å². The quantitative estimate of drug-likeness (QED) is 0.852. The van der Waals surface area contributed by atoms with E-state index in [9.17, 15) is 4.91 Å². The van der Waals surface area contributed by atoms with Gasteiger partial charge in [0.25, 0.3) is 0 Å². The highest BCUT2D eigenvalue weighted by atomic mass is 16.3. The molecule has 0 bridgehead atoms. The fourth-order valence-electron chi connectivity index (χ4n) is 3.21. The number of nitrogens with one attached hydrogen (secondary N) is 1. The molecule has 1 aliphatic carbocycles. The Kier molecular flexibility index (Phi) is 3.85. The molecule has 1 N–H and O–H groups in total. The minimum atomic E-state index is -0.449. The summed E-state index contributed by atoms with van der Waals surface area (Å²) in [6.07, 6.45) is 9.08. The monoisotopic (exact) mass is 301 g/mol. The zero-order chi connectivity index (χ0) is 15.7. The average molecular weight is 301 g/mol. The minimum Gasteiger partial charge on any atom is -0.347 e. The van der Waals surface area contributed by atoms with E-state index in [-0.39, 0.29) is 6.54 Å². The van der Waals surface area contributed by atoms with Gasteiger partial charge in [0.05, 0.1) is 5.54 Å². The number of fused-ring (bicyclic) bond motifs is 1. The highest BCUT2D eigenvalue weighted by Crippen LogP contribution is 2.33. The van der Waals surface area contributed by atoms with Gasteiger partial charge < -0.3 is 9.88 Å². The van der Waals surface area contributed by atoms with Crippen molar-refractivity contribution in [3.8, 4) is 0 Å². The fraction of sp³-hybridized carbons (Fsp3) is 0.625. The predicted molar refractivity (Wildman–Crippen MR) is 88.1 cm³/mol. The minimum absolute atomic E-state index is 0.178. The van der Waals surface area contributed by atoms with Gasteiger partial charge in [-0.05, 0) is 39.2 Å². The molecule has 0 saturated heterocycles. The van der Waals surface area contributed by atoms with Crippen LogP contribution < -0.4 is 5.32 Å². The smallest absolute Gasteiger partial charge is 0.225 e. The molecule has 0 aromatic carbocycles. The van der Waals surface area contributed by atoms with E-state index in [1.165, 1.54) is 31.2 Å². The normalized spacial score (nSPS) is 16.3. The second kappa shape index (κ2) is 5.66. The summed E-state index contributed by atoms with van der Waals surface area (Å²) >= 11 is 0. The molecule has 6 nitrogen and oxygen atoms in total. The molecule has 0 aliphatic heterocycles. The van der Waals surface area contributed by atoms with Gasteiger partial charge in [-0.1, -0.05) is 18.0 Å². The van der Waals surface area contributed by atoms with Crippen molar-refractivity contribution in [2.24, 2.45) is 5.18 Å². The second-order valence-electron chi connectivity index (χ2n) is 6.88. The molecule has 0 atom stereocenters. The van der Waals surface area contributed by atoms with E-state index in [0.29, 0.717) is 12.0 Å². The van der Waals surface area contributed by atoms with E-state index in [1.54, 1.807) is 0 Å². The largest absolute Gasteiger partial charge is 0.347 e. The first-order valence-electron chi connectivity index (χ1n) is 7.92. The number of anilines is 1. The van der Waals surface area contributed by atoms with E-state index < -0.39 is 5.54 Å². The average Bonchev–Trinajstić information content (AvgIpc) is 3.06. The fourth-order valence-corrected chi connectivity index (χ4v) is 3.21. The summed E-state index contributed by atoms with van der Waals surface area (Å²) in [6.45, 7) is 6.12. The first kappa shape index (κ1) is 14.9. The third-order valence-electron chi connectivity index (χ3n) is 4.40. The highest BCUT2D eigenvalue weighted by Gasteiger charge is 2.22. The molecule has 0 spiro atoms. The van der Waals surface area contributed by atoms with Crippen LogP contribution in [-0.4, -0.2) is 26.6 Å². The standard InChI is InChI=1S/C16H23N5O/c1-11-9-21(12-6-4-5-7-12)14-13(11)8-17-15(19-14)20-16(2,3)10-18-22/h8-9,12H,4-7,10H2,1-3H3,(H,17,19,20). The van der Waals surface area contributed by atoms with Crippen molar-refractivity contribution in [1.82, 2.24) is 14.5 Å². The molecule has 6 heteroatoms. The summed E-state index contributed by atoms with van der Waals surface area (Å²) in [5.41, 5.74) is 1.74. The summed E-state index contributed by atoms with van der Waals surface area (Å²) in [7, 11) is 0. The van der Waals surface area contributed by atoms with Crippen LogP contribution in [0.15, 0.2) is 17.6 Å². The third kappa shape index (κ3) is 2.82. The maximum Gasteiger partial charge on any atom is 0.225 e. The Hall–Kier alpha value is -1.98. The molecule has 118 valence electrons. The molecule has 22 heavy (non-hydrogen) atoms. The van der Waals surface area contributed by atoms with Gasteiger partial charge in [-0.25, -0.2) is 4.98 Å². The van der Waals surface area contributed by atoms with Crippen LogP contribution in [0.2, 0.25) is 0 Å². The highest BCUT2D eigenvalue weighted by molar-refractivity contribution is 5.80. The Bertz CT molecular complexity index is 685. The van der Waals surface area contributed by atoms with Crippen LogP contribution >= 0.6 is 0 Å². The first-order valence-corrected chi connectivity index (χ1v) is 7.92. The molecule has 0 radical (unpaired) electrons. The van der Waals surface area contributed by atoms with Crippen LogP contribution in [0.5, 0.6) is 0 Å². The number of aromatic nitrogens is 3. The summed E-state index contributed by atoms with van der Waals surface area (Å²) < 4.78 is 2.30. The van der Waals surface area contributed by atoms with Crippen LogP contribution in [0.4, 0.5) is 5.95 Å².